The summed E-state index contributed by atoms with van der Waals surface area (Å²) in [4.78, 5) is 30.8. The summed E-state index contributed by atoms with van der Waals surface area (Å²) in [5.74, 6) is -0.418. The van der Waals surface area contributed by atoms with Crippen LogP contribution in [0.5, 0.6) is 0 Å². The van der Waals surface area contributed by atoms with Crippen LogP contribution in [0.25, 0.3) is 5.52 Å². The van der Waals surface area contributed by atoms with E-state index < -0.39 is 5.97 Å². The van der Waals surface area contributed by atoms with Crippen LogP contribution in [-0.4, -0.2) is 52.1 Å². The molecule has 2 heterocycles. The maximum absolute atomic E-state index is 13.0. The van der Waals surface area contributed by atoms with Crippen molar-refractivity contribution in [3.63, 3.8) is 0 Å². The van der Waals surface area contributed by atoms with Gasteiger partial charge in [-0.2, -0.15) is 0 Å². The third-order valence-electron chi connectivity index (χ3n) is 3.40. The summed E-state index contributed by atoms with van der Waals surface area (Å²) in [7, 11) is 0. The lowest BCUT2D eigenvalue weighted by molar-refractivity contribution is -0.143. The Labute approximate surface area is 146 Å². The van der Waals surface area contributed by atoms with Gasteiger partial charge in [-0.1, -0.05) is 31.7 Å². The standard InChI is InChI=1S/C17H23N3O3S/c1-5-23-14(21)11-19(10-12(2)3)16(22)15-13-8-6-7-9-20(13)17(18-15)24-4/h6-9,12H,5,10-11H2,1-4H3. The highest BCUT2D eigenvalue weighted by Gasteiger charge is 2.25. The largest absolute Gasteiger partial charge is 0.465 e. The molecule has 0 aliphatic rings. The van der Waals surface area contributed by atoms with E-state index in [1.54, 1.807) is 6.92 Å². The minimum absolute atomic E-state index is 0.0642. The van der Waals surface area contributed by atoms with E-state index >= 15 is 0 Å². The highest BCUT2D eigenvalue weighted by molar-refractivity contribution is 7.98. The normalized spacial score (nSPS) is 11.0. The second-order valence-corrected chi connectivity index (χ2v) is 6.56. The molecule has 0 unspecified atom stereocenters. The fourth-order valence-corrected chi connectivity index (χ4v) is 3.02. The van der Waals surface area contributed by atoms with Crippen LogP contribution in [0.1, 0.15) is 31.3 Å². The molecule has 24 heavy (non-hydrogen) atoms. The minimum atomic E-state index is -0.403. The van der Waals surface area contributed by atoms with Crippen LogP contribution in [-0.2, 0) is 9.53 Å². The van der Waals surface area contributed by atoms with E-state index in [0.29, 0.717) is 18.8 Å². The van der Waals surface area contributed by atoms with Crippen molar-refractivity contribution in [2.24, 2.45) is 5.92 Å². The van der Waals surface area contributed by atoms with Crippen molar-refractivity contribution in [3.05, 3.63) is 30.1 Å². The molecular weight excluding hydrogens is 326 g/mol. The van der Waals surface area contributed by atoms with Gasteiger partial charge in [-0.15, -0.1) is 0 Å². The molecule has 0 aromatic carbocycles. The number of thioether (sulfide) groups is 1. The van der Waals surface area contributed by atoms with Gasteiger partial charge in [0.05, 0.1) is 12.1 Å². The molecule has 130 valence electrons. The van der Waals surface area contributed by atoms with Crippen LogP contribution < -0.4 is 0 Å². The number of carbonyl (C=O) groups is 2. The molecule has 0 aliphatic heterocycles. The number of carbonyl (C=O) groups excluding carboxylic acids is 2. The van der Waals surface area contributed by atoms with Gasteiger partial charge in [0.1, 0.15) is 6.54 Å². The van der Waals surface area contributed by atoms with Crippen molar-refractivity contribution in [1.82, 2.24) is 14.3 Å². The second kappa shape index (κ2) is 8.19. The van der Waals surface area contributed by atoms with E-state index in [1.807, 2.05) is 48.9 Å². The Hall–Kier alpha value is -2.02. The lowest BCUT2D eigenvalue weighted by atomic mass is 10.2. The van der Waals surface area contributed by atoms with E-state index in [4.69, 9.17) is 4.74 Å². The summed E-state index contributed by atoms with van der Waals surface area (Å²) >= 11 is 1.47. The molecule has 2 aromatic heterocycles. The molecule has 0 aliphatic carbocycles. The molecular formula is C17H23N3O3S. The van der Waals surface area contributed by atoms with Gasteiger partial charge in [0, 0.05) is 12.7 Å². The zero-order valence-electron chi connectivity index (χ0n) is 14.5. The van der Waals surface area contributed by atoms with E-state index in [2.05, 4.69) is 4.98 Å². The van der Waals surface area contributed by atoms with E-state index in [9.17, 15) is 9.59 Å². The van der Waals surface area contributed by atoms with Gasteiger partial charge in [-0.3, -0.25) is 14.0 Å². The fourth-order valence-electron chi connectivity index (χ4n) is 2.48. The Morgan fingerprint density at radius 1 is 1.38 bits per heavy atom. The summed E-state index contributed by atoms with van der Waals surface area (Å²) in [6.07, 6.45) is 3.80. The van der Waals surface area contributed by atoms with Crippen molar-refractivity contribution in [2.45, 2.75) is 25.9 Å². The number of pyridine rings is 1. The molecule has 0 fully saturated rings. The Morgan fingerprint density at radius 3 is 2.75 bits per heavy atom. The quantitative estimate of drug-likeness (QED) is 0.568. The van der Waals surface area contributed by atoms with Crippen molar-refractivity contribution in [1.29, 1.82) is 0 Å². The van der Waals surface area contributed by atoms with Gasteiger partial charge in [0.15, 0.2) is 10.9 Å². The molecule has 2 rings (SSSR count). The van der Waals surface area contributed by atoms with Crippen LogP contribution in [0.2, 0.25) is 0 Å². The third kappa shape index (κ3) is 4.08. The zero-order chi connectivity index (χ0) is 17.7. The van der Waals surface area contributed by atoms with Gasteiger partial charge >= 0.3 is 5.97 Å². The van der Waals surface area contributed by atoms with Gasteiger partial charge in [0.2, 0.25) is 0 Å². The Balaban J connectivity index is 2.36. The summed E-state index contributed by atoms with van der Waals surface area (Å²) in [6.45, 7) is 6.46. The summed E-state index contributed by atoms with van der Waals surface area (Å²) in [5, 5.41) is 0.745. The number of rotatable bonds is 7. The lowest BCUT2D eigenvalue weighted by Gasteiger charge is -2.22. The van der Waals surface area contributed by atoms with Crippen molar-refractivity contribution in [2.75, 3.05) is 26.0 Å². The SMILES string of the molecule is CCOC(=O)CN(CC(C)C)C(=O)c1nc(SC)n2ccccc12. The van der Waals surface area contributed by atoms with Crippen LogP contribution in [0.3, 0.4) is 0 Å². The van der Waals surface area contributed by atoms with Crippen molar-refractivity contribution < 1.29 is 14.3 Å². The molecule has 0 saturated carbocycles. The Kier molecular flexibility index (Phi) is 6.25. The van der Waals surface area contributed by atoms with Crippen LogP contribution in [0.15, 0.2) is 29.6 Å². The molecule has 0 saturated heterocycles. The highest BCUT2D eigenvalue weighted by Crippen LogP contribution is 2.21. The van der Waals surface area contributed by atoms with Crippen LogP contribution >= 0.6 is 11.8 Å². The zero-order valence-corrected chi connectivity index (χ0v) is 15.3. The monoisotopic (exact) mass is 349 g/mol. The van der Waals surface area contributed by atoms with Gasteiger partial charge in [0.25, 0.3) is 5.91 Å². The smallest absolute Gasteiger partial charge is 0.325 e. The topological polar surface area (TPSA) is 63.9 Å². The third-order valence-corrected chi connectivity index (χ3v) is 4.05. The van der Waals surface area contributed by atoms with Crippen molar-refractivity contribution in [3.8, 4) is 0 Å². The highest BCUT2D eigenvalue weighted by atomic mass is 32.2. The van der Waals surface area contributed by atoms with E-state index in [1.165, 1.54) is 16.7 Å². The van der Waals surface area contributed by atoms with Crippen LogP contribution in [0, 0.1) is 5.92 Å². The first-order valence-corrected chi connectivity index (χ1v) is 9.16. The number of ether oxygens (including phenoxy) is 1. The van der Waals surface area contributed by atoms with E-state index in [-0.39, 0.29) is 18.4 Å². The predicted molar refractivity (Wildman–Crippen MR) is 94.3 cm³/mol. The van der Waals surface area contributed by atoms with Crippen LogP contribution in [0.4, 0.5) is 0 Å². The molecule has 0 N–H and O–H groups in total. The molecule has 7 heteroatoms. The number of imidazole rings is 1. The molecule has 2 aromatic rings. The number of aromatic nitrogens is 2. The number of hydrogen-bond donors (Lipinski definition) is 0. The second-order valence-electron chi connectivity index (χ2n) is 5.79. The molecule has 6 nitrogen and oxygen atoms in total. The molecule has 0 radical (unpaired) electrons. The average molecular weight is 349 g/mol. The first-order valence-electron chi connectivity index (χ1n) is 7.93. The number of nitrogens with zero attached hydrogens (tertiary/aromatic N) is 3. The number of fused-ring (bicyclic) bond motifs is 1. The summed E-state index contributed by atoms with van der Waals surface area (Å²) in [6, 6.07) is 5.63. The van der Waals surface area contributed by atoms with Gasteiger partial charge < -0.3 is 9.64 Å². The Morgan fingerprint density at radius 2 is 2.12 bits per heavy atom. The molecule has 0 atom stereocenters. The number of amides is 1. The van der Waals surface area contributed by atoms with Gasteiger partial charge in [-0.05, 0) is 31.2 Å². The van der Waals surface area contributed by atoms with Gasteiger partial charge in [-0.25, -0.2) is 4.98 Å². The minimum Gasteiger partial charge on any atom is -0.465 e. The van der Waals surface area contributed by atoms with E-state index in [0.717, 1.165) is 10.7 Å². The fraction of sp³-hybridized carbons (Fsp3) is 0.471. The average Bonchev–Trinajstić information content (AvgIpc) is 2.92. The predicted octanol–water partition coefficient (Wildman–Crippen LogP) is 2.72. The number of hydrogen-bond acceptors (Lipinski definition) is 5. The Bertz CT molecular complexity index is 727. The lowest BCUT2D eigenvalue weighted by Crippen LogP contribution is -2.39. The maximum Gasteiger partial charge on any atom is 0.325 e. The number of esters is 1. The molecule has 0 spiro atoms. The molecule has 1 amide bonds. The summed E-state index contributed by atoms with van der Waals surface area (Å²) in [5.41, 5.74) is 1.11. The maximum atomic E-state index is 13.0. The first kappa shape index (κ1) is 18.3. The van der Waals surface area contributed by atoms with Crippen molar-refractivity contribution >= 4 is 29.2 Å². The molecule has 0 bridgehead atoms. The summed E-state index contributed by atoms with van der Waals surface area (Å²) < 4.78 is 6.88. The first-order chi connectivity index (χ1) is 11.5.